The summed E-state index contributed by atoms with van der Waals surface area (Å²) in [5, 5.41) is 0. The lowest BCUT2D eigenvalue weighted by atomic mass is 9.51. The minimum absolute atomic E-state index is 0.0949. The van der Waals surface area contributed by atoms with E-state index in [2.05, 4.69) is 19.9 Å². The van der Waals surface area contributed by atoms with Gasteiger partial charge >= 0.3 is 7.12 Å². The van der Waals surface area contributed by atoms with Crippen LogP contribution in [0.25, 0.3) is 0 Å². The van der Waals surface area contributed by atoms with Gasteiger partial charge in [-0.2, -0.15) is 0 Å². The number of methoxy groups -OCH3 is 1. The SMILES string of the molecule is CCC12CC3CC(C3)[C@@]1(C)OB([C@H]1C[C@H]1c1ccc(OC)c3c1OC(C)(C)OC3)O2. The molecule has 2 bridgehead atoms. The molecule has 4 atom stereocenters. The minimum Gasteiger partial charge on any atom is -0.496 e. The highest BCUT2D eigenvalue weighted by molar-refractivity contribution is 6.49. The average molecular weight is 412 g/mol. The van der Waals surface area contributed by atoms with Crippen molar-refractivity contribution in [2.75, 3.05) is 7.11 Å². The zero-order chi connectivity index (χ0) is 20.9. The molecular weight excluding hydrogens is 379 g/mol. The molecule has 0 N–H and O–H groups in total. The van der Waals surface area contributed by atoms with E-state index < -0.39 is 5.79 Å². The first kappa shape index (κ1) is 19.5. The third-order valence-electron chi connectivity index (χ3n) is 8.78. The van der Waals surface area contributed by atoms with Crippen molar-refractivity contribution in [1.82, 2.24) is 0 Å². The van der Waals surface area contributed by atoms with E-state index in [4.69, 9.17) is 23.5 Å². The molecule has 6 heteroatoms. The van der Waals surface area contributed by atoms with Crippen LogP contribution >= 0.6 is 0 Å². The fourth-order valence-corrected chi connectivity index (χ4v) is 6.77. The minimum atomic E-state index is -0.630. The Kier molecular flexibility index (Phi) is 4.00. The summed E-state index contributed by atoms with van der Waals surface area (Å²) in [5.41, 5.74) is 2.04. The Morgan fingerprint density at radius 1 is 1.13 bits per heavy atom. The van der Waals surface area contributed by atoms with E-state index in [1.54, 1.807) is 7.11 Å². The molecule has 0 spiro atoms. The topological polar surface area (TPSA) is 46.2 Å². The molecular formula is C24H33BO5. The molecule has 1 aromatic carbocycles. The summed E-state index contributed by atoms with van der Waals surface area (Å²) >= 11 is 0. The van der Waals surface area contributed by atoms with Gasteiger partial charge in [0.05, 0.1) is 30.5 Å². The van der Waals surface area contributed by atoms with Crippen molar-refractivity contribution in [2.24, 2.45) is 11.8 Å². The molecule has 1 aromatic rings. The first-order chi connectivity index (χ1) is 14.3. The molecule has 5 nitrogen and oxygen atoms in total. The van der Waals surface area contributed by atoms with E-state index in [0.29, 0.717) is 24.3 Å². The molecule has 0 radical (unpaired) electrons. The predicted molar refractivity (Wildman–Crippen MR) is 114 cm³/mol. The van der Waals surface area contributed by atoms with Crippen LogP contribution in [-0.2, 0) is 20.7 Å². The smallest absolute Gasteiger partial charge is 0.461 e. The maximum Gasteiger partial charge on any atom is 0.461 e. The lowest BCUT2D eigenvalue weighted by Gasteiger charge is -2.60. The Bertz CT molecular complexity index is 875. The fraction of sp³-hybridized carbons (Fsp3) is 0.750. The number of hydrogen-bond acceptors (Lipinski definition) is 5. The van der Waals surface area contributed by atoms with Crippen LogP contribution in [0, 0.1) is 11.8 Å². The Labute approximate surface area is 179 Å². The number of hydrogen-bond donors (Lipinski definition) is 0. The van der Waals surface area contributed by atoms with Gasteiger partial charge in [0.15, 0.2) is 0 Å². The van der Waals surface area contributed by atoms with Crippen molar-refractivity contribution in [3.63, 3.8) is 0 Å². The van der Waals surface area contributed by atoms with Gasteiger partial charge in [0.2, 0.25) is 5.79 Å². The van der Waals surface area contributed by atoms with Gasteiger partial charge in [-0.1, -0.05) is 13.0 Å². The Morgan fingerprint density at radius 2 is 1.93 bits per heavy atom. The third-order valence-corrected chi connectivity index (χ3v) is 8.78. The van der Waals surface area contributed by atoms with E-state index in [1.807, 2.05) is 19.9 Å². The average Bonchev–Trinajstić information content (AvgIpc) is 3.40. The lowest BCUT2D eigenvalue weighted by Crippen LogP contribution is -2.63. The maximum absolute atomic E-state index is 6.80. The maximum atomic E-state index is 6.80. The van der Waals surface area contributed by atoms with Crippen molar-refractivity contribution in [3.05, 3.63) is 23.3 Å². The molecule has 6 aliphatic rings. The van der Waals surface area contributed by atoms with Crippen molar-refractivity contribution in [2.45, 2.75) is 95.1 Å². The quantitative estimate of drug-likeness (QED) is 0.647. The first-order valence-electron chi connectivity index (χ1n) is 11.7. The van der Waals surface area contributed by atoms with Crippen LogP contribution in [0.1, 0.15) is 76.8 Å². The van der Waals surface area contributed by atoms with Gasteiger partial charge in [-0.25, -0.2) is 0 Å². The van der Waals surface area contributed by atoms with E-state index in [1.165, 1.54) is 18.4 Å². The predicted octanol–water partition coefficient (Wildman–Crippen LogP) is 5.07. The van der Waals surface area contributed by atoms with Gasteiger partial charge in [0.1, 0.15) is 11.5 Å². The Balaban J connectivity index is 1.28. The van der Waals surface area contributed by atoms with Crippen LogP contribution in [0.2, 0.25) is 5.82 Å². The molecule has 5 fully saturated rings. The second kappa shape index (κ2) is 6.17. The zero-order valence-electron chi connectivity index (χ0n) is 18.8. The monoisotopic (exact) mass is 412 g/mol. The van der Waals surface area contributed by atoms with Crippen molar-refractivity contribution in [3.8, 4) is 11.5 Å². The highest BCUT2D eigenvalue weighted by atomic mass is 16.7. The molecule has 1 unspecified atom stereocenters. The van der Waals surface area contributed by atoms with E-state index in [9.17, 15) is 0 Å². The van der Waals surface area contributed by atoms with Crippen molar-refractivity contribution >= 4 is 7.12 Å². The standard InChI is InChI=1S/C24H33BO5/c1-6-24-12-14-9-15(10-14)23(24,4)29-25(30-24)19-11-17(19)16-7-8-20(26-5)18-13-27-22(2,3)28-21(16)18/h7-8,14-15,17,19H,6,9-13H2,1-5H3/t14?,15?,17-,19-,23+,24?/m0/s1. The molecule has 162 valence electrons. The second-order valence-corrected chi connectivity index (χ2v) is 10.8. The number of rotatable bonds is 4. The molecule has 2 heterocycles. The first-order valence-corrected chi connectivity index (χ1v) is 11.7. The van der Waals surface area contributed by atoms with E-state index in [0.717, 1.165) is 42.2 Å². The highest BCUT2D eigenvalue weighted by Crippen LogP contribution is 2.67. The third kappa shape index (κ3) is 2.53. The van der Waals surface area contributed by atoms with Crippen LogP contribution in [0.5, 0.6) is 11.5 Å². The number of benzene rings is 1. The summed E-state index contributed by atoms with van der Waals surface area (Å²) in [5.74, 6) is 3.42. The van der Waals surface area contributed by atoms with Crippen LogP contribution < -0.4 is 9.47 Å². The van der Waals surface area contributed by atoms with Gasteiger partial charge in [0.25, 0.3) is 0 Å². The van der Waals surface area contributed by atoms with Crippen molar-refractivity contribution in [1.29, 1.82) is 0 Å². The van der Waals surface area contributed by atoms with Crippen molar-refractivity contribution < 1.29 is 23.5 Å². The molecule has 4 aliphatic carbocycles. The summed E-state index contributed by atoms with van der Waals surface area (Å²) in [6.45, 7) is 9.04. The van der Waals surface area contributed by atoms with Gasteiger partial charge in [-0.15, -0.1) is 0 Å². The molecule has 2 aliphatic heterocycles. The molecule has 4 saturated carbocycles. The van der Waals surface area contributed by atoms with Crippen LogP contribution in [0.15, 0.2) is 12.1 Å². The highest BCUT2D eigenvalue weighted by Gasteiger charge is 2.71. The summed E-state index contributed by atoms with van der Waals surface area (Å²) in [7, 11) is 1.59. The van der Waals surface area contributed by atoms with E-state index in [-0.39, 0.29) is 18.3 Å². The fourth-order valence-electron chi connectivity index (χ4n) is 6.77. The number of ether oxygens (including phenoxy) is 3. The van der Waals surface area contributed by atoms with Gasteiger partial charge < -0.3 is 23.5 Å². The molecule has 7 rings (SSSR count). The Hall–Kier alpha value is -1.24. The normalized spacial score (nSPS) is 42.6. The van der Waals surface area contributed by atoms with Crippen LogP contribution in [0.4, 0.5) is 0 Å². The number of fused-ring (bicyclic) bond motifs is 1. The lowest BCUT2D eigenvalue weighted by molar-refractivity contribution is -0.180. The molecule has 1 saturated heterocycles. The second-order valence-electron chi connectivity index (χ2n) is 10.8. The zero-order valence-corrected chi connectivity index (χ0v) is 18.8. The molecule has 30 heavy (non-hydrogen) atoms. The van der Waals surface area contributed by atoms with E-state index >= 15 is 0 Å². The Morgan fingerprint density at radius 3 is 2.63 bits per heavy atom. The summed E-state index contributed by atoms with van der Waals surface area (Å²) < 4.78 is 31.4. The largest absolute Gasteiger partial charge is 0.496 e. The molecule has 0 amide bonds. The molecule has 0 aromatic heterocycles. The summed E-state index contributed by atoms with van der Waals surface area (Å²) in [4.78, 5) is 0. The summed E-state index contributed by atoms with van der Waals surface area (Å²) in [6, 6.07) is 4.22. The van der Waals surface area contributed by atoms with Crippen LogP contribution in [0.3, 0.4) is 0 Å². The van der Waals surface area contributed by atoms with Gasteiger partial charge in [-0.3, -0.25) is 0 Å². The summed E-state index contributed by atoms with van der Waals surface area (Å²) in [6.07, 6.45) is 5.92. The van der Waals surface area contributed by atoms with Crippen LogP contribution in [-0.4, -0.2) is 31.2 Å². The van der Waals surface area contributed by atoms with Gasteiger partial charge in [-0.05, 0) is 68.4 Å². The van der Waals surface area contributed by atoms with Gasteiger partial charge in [0, 0.05) is 19.7 Å².